The Labute approximate surface area is 120 Å². The Kier molecular flexibility index (Phi) is 13.8. The van der Waals surface area contributed by atoms with Gasteiger partial charge in [-0.25, -0.2) is 0 Å². The molecule has 0 aliphatic heterocycles. The Morgan fingerprint density at radius 3 is 1.84 bits per heavy atom. The normalized spacial score (nSPS) is 12.6. The molecule has 0 aliphatic rings. The van der Waals surface area contributed by atoms with Gasteiger partial charge >= 0.3 is 0 Å². The van der Waals surface area contributed by atoms with Gasteiger partial charge in [0.1, 0.15) is 5.78 Å². The van der Waals surface area contributed by atoms with E-state index in [0.29, 0.717) is 12.2 Å². The minimum Gasteiger partial charge on any atom is -0.381 e. The van der Waals surface area contributed by atoms with Gasteiger partial charge in [0.15, 0.2) is 0 Å². The van der Waals surface area contributed by atoms with E-state index in [0.717, 1.165) is 12.8 Å². The summed E-state index contributed by atoms with van der Waals surface area (Å²) in [4.78, 5) is 11.6. The quantitative estimate of drug-likeness (QED) is 0.401. The molecule has 0 spiro atoms. The molecule has 0 radical (unpaired) electrons. The highest BCUT2D eigenvalue weighted by Crippen LogP contribution is 2.12. The van der Waals surface area contributed by atoms with Crippen LogP contribution in [0.2, 0.25) is 0 Å². The lowest BCUT2D eigenvalue weighted by Gasteiger charge is -2.07. The molecule has 0 saturated heterocycles. The highest BCUT2D eigenvalue weighted by molar-refractivity contribution is 5.78. The number of unbranched alkanes of at least 4 members (excludes halogenated alkanes) is 9. The number of hydrogen-bond donors (Lipinski definition) is 0. The first-order valence-electron chi connectivity index (χ1n) is 8.25. The van der Waals surface area contributed by atoms with E-state index in [1.807, 2.05) is 6.92 Å². The molecule has 1 unspecified atom stereocenters. The van der Waals surface area contributed by atoms with Crippen LogP contribution in [0.3, 0.4) is 0 Å². The largest absolute Gasteiger partial charge is 0.381 e. The van der Waals surface area contributed by atoms with Gasteiger partial charge < -0.3 is 4.74 Å². The molecule has 2 nitrogen and oxygen atoms in total. The van der Waals surface area contributed by atoms with Crippen LogP contribution in [0.4, 0.5) is 0 Å². The third-order valence-electron chi connectivity index (χ3n) is 3.73. The van der Waals surface area contributed by atoms with Crippen LogP contribution in [0, 0.1) is 0 Å². The molecule has 0 aromatic rings. The number of rotatable bonds is 14. The number of Topliss-reactive ketones (excluding diaryl/α,β-unsaturated/α-hetero) is 1. The number of methoxy groups -OCH3 is 1. The summed E-state index contributed by atoms with van der Waals surface area (Å²) in [6, 6.07) is 0. The first-order chi connectivity index (χ1) is 9.20. The molecule has 0 fully saturated rings. The summed E-state index contributed by atoms with van der Waals surface area (Å²) in [7, 11) is 1.67. The summed E-state index contributed by atoms with van der Waals surface area (Å²) < 4.78 is 5.10. The average molecular weight is 270 g/mol. The van der Waals surface area contributed by atoms with Crippen LogP contribution in [-0.2, 0) is 9.53 Å². The molecule has 0 rings (SSSR count). The van der Waals surface area contributed by atoms with Gasteiger partial charge in [-0.15, -0.1) is 0 Å². The van der Waals surface area contributed by atoms with Crippen molar-refractivity contribution < 1.29 is 9.53 Å². The van der Waals surface area contributed by atoms with Crippen LogP contribution in [0.5, 0.6) is 0 Å². The van der Waals surface area contributed by atoms with Crippen LogP contribution < -0.4 is 0 Å². The molecule has 0 aromatic heterocycles. The van der Waals surface area contributed by atoms with Gasteiger partial charge in [0.05, 0.1) is 6.10 Å². The average Bonchev–Trinajstić information content (AvgIpc) is 2.40. The van der Waals surface area contributed by atoms with Crippen molar-refractivity contribution in [3.8, 4) is 0 Å². The molecule has 2 heteroatoms. The first-order valence-corrected chi connectivity index (χ1v) is 8.25. The summed E-state index contributed by atoms with van der Waals surface area (Å²) in [6.07, 6.45) is 14.6. The summed E-state index contributed by atoms with van der Waals surface area (Å²) in [6.45, 7) is 4.21. The number of carbonyl (C=O) groups is 1. The highest BCUT2D eigenvalue weighted by Gasteiger charge is 2.07. The number of ketones is 1. The Hall–Kier alpha value is -0.370. The monoisotopic (exact) mass is 270 g/mol. The van der Waals surface area contributed by atoms with Crippen molar-refractivity contribution >= 4 is 5.78 Å². The fraction of sp³-hybridized carbons (Fsp3) is 0.941. The Balaban J connectivity index is 3.16. The number of ether oxygens (including phenoxy) is 1. The number of hydrogen-bond acceptors (Lipinski definition) is 2. The van der Waals surface area contributed by atoms with Crippen molar-refractivity contribution in [3.63, 3.8) is 0 Å². The molecule has 0 heterocycles. The van der Waals surface area contributed by atoms with Crippen LogP contribution in [0.15, 0.2) is 0 Å². The zero-order chi connectivity index (χ0) is 14.3. The summed E-state index contributed by atoms with van der Waals surface area (Å²) in [5, 5.41) is 0. The summed E-state index contributed by atoms with van der Waals surface area (Å²) >= 11 is 0. The zero-order valence-electron chi connectivity index (χ0n) is 13.4. The van der Waals surface area contributed by atoms with E-state index in [2.05, 4.69) is 6.92 Å². The second-order valence-electron chi connectivity index (χ2n) is 5.72. The minimum atomic E-state index is 0.0793. The van der Waals surface area contributed by atoms with Gasteiger partial charge in [0, 0.05) is 20.0 Å². The number of carbonyl (C=O) groups excluding carboxylic acids is 1. The SMILES string of the molecule is CCCCCCCCCCCCC(=O)CC(C)OC. The van der Waals surface area contributed by atoms with E-state index in [4.69, 9.17) is 4.74 Å². The van der Waals surface area contributed by atoms with E-state index < -0.39 is 0 Å². The zero-order valence-corrected chi connectivity index (χ0v) is 13.4. The summed E-state index contributed by atoms with van der Waals surface area (Å²) in [5.74, 6) is 0.355. The molecule has 0 aromatic carbocycles. The van der Waals surface area contributed by atoms with Gasteiger partial charge in [0.2, 0.25) is 0 Å². The fourth-order valence-electron chi connectivity index (χ4n) is 2.32. The van der Waals surface area contributed by atoms with Crippen molar-refractivity contribution in [2.75, 3.05) is 7.11 Å². The van der Waals surface area contributed by atoms with Gasteiger partial charge in [-0.05, 0) is 13.3 Å². The Morgan fingerprint density at radius 2 is 1.37 bits per heavy atom. The van der Waals surface area contributed by atoms with E-state index in [1.54, 1.807) is 7.11 Å². The van der Waals surface area contributed by atoms with E-state index in [-0.39, 0.29) is 6.10 Å². The predicted octanol–water partition coefficient (Wildman–Crippen LogP) is 5.29. The molecule has 114 valence electrons. The molecule has 0 bridgehead atoms. The minimum absolute atomic E-state index is 0.0793. The fourth-order valence-corrected chi connectivity index (χ4v) is 2.32. The van der Waals surface area contributed by atoms with Crippen molar-refractivity contribution in [1.29, 1.82) is 0 Å². The van der Waals surface area contributed by atoms with Crippen molar-refractivity contribution in [2.45, 2.75) is 97.0 Å². The van der Waals surface area contributed by atoms with E-state index in [9.17, 15) is 4.79 Å². The molecular formula is C17H34O2. The van der Waals surface area contributed by atoms with Crippen molar-refractivity contribution in [3.05, 3.63) is 0 Å². The van der Waals surface area contributed by atoms with Gasteiger partial charge in [0.25, 0.3) is 0 Å². The van der Waals surface area contributed by atoms with Gasteiger partial charge in [-0.2, -0.15) is 0 Å². The van der Waals surface area contributed by atoms with Gasteiger partial charge in [-0.1, -0.05) is 64.7 Å². The smallest absolute Gasteiger partial charge is 0.135 e. The second-order valence-corrected chi connectivity index (χ2v) is 5.72. The van der Waals surface area contributed by atoms with Crippen LogP contribution >= 0.6 is 0 Å². The predicted molar refractivity (Wildman–Crippen MR) is 82.6 cm³/mol. The lowest BCUT2D eigenvalue weighted by molar-refractivity contribution is -0.121. The summed E-state index contributed by atoms with van der Waals surface area (Å²) in [5.41, 5.74) is 0. The highest BCUT2D eigenvalue weighted by atomic mass is 16.5. The second kappa shape index (κ2) is 14.0. The molecule has 0 N–H and O–H groups in total. The van der Waals surface area contributed by atoms with E-state index >= 15 is 0 Å². The molecule has 19 heavy (non-hydrogen) atoms. The van der Waals surface area contributed by atoms with E-state index in [1.165, 1.54) is 57.8 Å². The van der Waals surface area contributed by atoms with Crippen molar-refractivity contribution in [1.82, 2.24) is 0 Å². The molecule has 1 atom stereocenters. The van der Waals surface area contributed by atoms with Crippen molar-refractivity contribution in [2.24, 2.45) is 0 Å². The maximum absolute atomic E-state index is 11.6. The molecular weight excluding hydrogens is 236 g/mol. The third-order valence-corrected chi connectivity index (χ3v) is 3.73. The Bertz CT molecular complexity index is 201. The van der Waals surface area contributed by atoms with Crippen LogP contribution in [-0.4, -0.2) is 19.0 Å². The Morgan fingerprint density at radius 1 is 0.895 bits per heavy atom. The van der Waals surface area contributed by atoms with Crippen LogP contribution in [0.1, 0.15) is 90.9 Å². The van der Waals surface area contributed by atoms with Crippen LogP contribution in [0.25, 0.3) is 0 Å². The maximum atomic E-state index is 11.6. The lowest BCUT2D eigenvalue weighted by atomic mass is 10.0. The third kappa shape index (κ3) is 13.9. The molecule has 0 saturated carbocycles. The molecule has 0 aliphatic carbocycles. The molecule has 0 amide bonds. The first kappa shape index (κ1) is 18.6. The topological polar surface area (TPSA) is 26.3 Å². The lowest BCUT2D eigenvalue weighted by Crippen LogP contribution is -2.11. The van der Waals surface area contributed by atoms with Gasteiger partial charge in [-0.3, -0.25) is 4.79 Å². The maximum Gasteiger partial charge on any atom is 0.135 e. The standard InChI is InChI=1S/C17H34O2/c1-4-5-6-7-8-9-10-11-12-13-14-17(18)15-16(2)19-3/h16H,4-15H2,1-3H3.